The third kappa shape index (κ3) is 10.9. The molecule has 1 saturated heterocycles. The van der Waals surface area contributed by atoms with Crippen molar-refractivity contribution in [2.75, 3.05) is 58.4 Å². The van der Waals surface area contributed by atoms with Crippen LogP contribution in [0.4, 0.5) is 18.9 Å². The van der Waals surface area contributed by atoms with Crippen molar-refractivity contribution in [3.8, 4) is 5.75 Å². The highest BCUT2D eigenvalue weighted by Gasteiger charge is 2.32. The van der Waals surface area contributed by atoms with Crippen LogP contribution in [0.15, 0.2) is 109 Å². The fraction of sp³-hybridized carbons (Fsp3) is 0.317. The average Bonchev–Trinajstić information content (AvgIpc) is 3.15. The minimum atomic E-state index is -4.47. The van der Waals surface area contributed by atoms with E-state index in [1.165, 1.54) is 24.3 Å². The van der Waals surface area contributed by atoms with Gasteiger partial charge >= 0.3 is 6.18 Å². The molecule has 1 heterocycles. The number of aromatic hydroxyl groups is 1. The van der Waals surface area contributed by atoms with E-state index in [1.807, 2.05) is 67.7 Å². The lowest BCUT2D eigenvalue weighted by Gasteiger charge is -2.34. The number of nitrogens with zero attached hydrogens (tertiary/aromatic N) is 4. The van der Waals surface area contributed by atoms with Crippen molar-refractivity contribution in [1.82, 2.24) is 14.7 Å². The molecule has 5 rings (SSSR count). The molecule has 2 amide bonds. The number of carbonyl (C=O) groups excluding carboxylic acids is 2. The van der Waals surface area contributed by atoms with Crippen LogP contribution in [0.1, 0.15) is 27.8 Å². The summed E-state index contributed by atoms with van der Waals surface area (Å²) < 4.78 is 45.0. The highest BCUT2D eigenvalue weighted by atomic mass is 19.4. The van der Waals surface area contributed by atoms with Crippen molar-refractivity contribution in [1.29, 1.82) is 0 Å². The summed E-state index contributed by atoms with van der Waals surface area (Å²) in [6.45, 7) is 4.49. The Labute approximate surface area is 303 Å². The third-order valence-electron chi connectivity index (χ3n) is 9.09. The molecular weight excluding hydrogens is 669 g/mol. The largest absolute Gasteiger partial charge is 0.508 e. The topological polar surface area (TPSA) is 76.6 Å². The molecule has 274 valence electrons. The van der Waals surface area contributed by atoms with Crippen molar-refractivity contribution in [2.45, 2.75) is 31.7 Å². The van der Waals surface area contributed by atoms with E-state index < -0.39 is 23.7 Å². The Morgan fingerprint density at radius 1 is 0.827 bits per heavy atom. The summed E-state index contributed by atoms with van der Waals surface area (Å²) in [6, 6.07) is 28.2. The molecule has 0 aliphatic carbocycles. The molecule has 1 aliphatic rings. The number of alkyl halides is 3. The zero-order valence-corrected chi connectivity index (χ0v) is 29.5. The summed E-state index contributed by atoms with van der Waals surface area (Å²) in [5.74, 6) is -0.494. The predicted octanol–water partition coefficient (Wildman–Crippen LogP) is 6.49. The number of benzene rings is 4. The molecule has 0 aromatic heterocycles. The second-order valence-electron chi connectivity index (χ2n) is 13.1. The van der Waals surface area contributed by atoms with Gasteiger partial charge in [0.2, 0.25) is 11.8 Å². The highest BCUT2D eigenvalue weighted by Crippen LogP contribution is 2.29. The van der Waals surface area contributed by atoms with E-state index in [2.05, 4.69) is 9.80 Å². The van der Waals surface area contributed by atoms with Crippen LogP contribution in [0.2, 0.25) is 0 Å². The molecule has 1 atom stereocenters. The van der Waals surface area contributed by atoms with Gasteiger partial charge in [0, 0.05) is 64.5 Å². The second-order valence-corrected chi connectivity index (χ2v) is 13.1. The maximum atomic E-state index is 14.4. The number of carbonyl (C=O) groups is 2. The van der Waals surface area contributed by atoms with Crippen LogP contribution in [-0.4, -0.2) is 91.2 Å². The number of anilines is 1. The molecule has 0 unspecified atom stereocenters. The number of phenols is 1. The predicted molar refractivity (Wildman–Crippen MR) is 197 cm³/mol. The van der Waals surface area contributed by atoms with Gasteiger partial charge in [-0.15, -0.1) is 0 Å². The van der Waals surface area contributed by atoms with Crippen LogP contribution in [0, 0.1) is 0 Å². The van der Waals surface area contributed by atoms with Crippen molar-refractivity contribution in [2.24, 2.45) is 0 Å². The number of phenolic OH excluding ortho intramolecular Hbond substituents is 1. The third-order valence-corrected chi connectivity index (χ3v) is 9.09. The van der Waals surface area contributed by atoms with Gasteiger partial charge in [-0.05, 0) is 71.8 Å². The van der Waals surface area contributed by atoms with Crippen molar-refractivity contribution >= 4 is 23.6 Å². The number of ether oxygens (including phenoxy) is 1. The minimum Gasteiger partial charge on any atom is -0.508 e. The lowest BCUT2D eigenvalue weighted by atomic mass is 10.0. The van der Waals surface area contributed by atoms with E-state index in [-0.39, 0.29) is 24.6 Å². The Hall–Kier alpha value is -5.13. The van der Waals surface area contributed by atoms with Gasteiger partial charge in [0.25, 0.3) is 0 Å². The van der Waals surface area contributed by atoms with Gasteiger partial charge < -0.3 is 29.4 Å². The minimum absolute atomic E-state index is 0.133. The Bertz CT molecular complexity index is 1780. The number of morpholine rings is 1. The molecule has 1 N–H and O–H groups in total. The van der Waals surface area contributed by atoms with Gasteiger partial charge in [-0.25, -0.2) is 0 Å². The van der Waals surface area contributed by atoms with Gasteiger partial charge in [0.15, 0.2) is 0 Å². The van der Waals surface area contributed by atoms with E-state index in [9.17, 15) is 27.9 Å². The molecule has 0 bridgehead atoms. The number of rotatable bonds is 14. The van der Waals surface area contributed by atoms with Crippen molar-refractivity contribution in [3.63, 3.8) is 0 Å². The van der Waals surface area contributed by atoms with Crippen LogP contribution in [0.3, 0.4) is 0 Å². The molecule has 8 nitrogen and oxygen atoms in total. The first-order valence-electron chi connectivity index (χ1n) is 17.3. The van der Waals surface area contributed by atoms with Crippen LogP contribution in [0.5, 0.6) is 5.75 Å². The van der Waals surface area contributed by atoms with E-state index in [0.717, 1.165) is 47.6 Å². The van der Waals surface area contributed by atoms with Gasteiger partial charge in [-0.3, -0.25) is 9.59 Å². The molecule has 1 aliphatic heterocycles. The van der Waals surface area contributed by atoms with E-state index >= 15 is 0 Å². The first kappa shape index (κ1) is 38.1. The normalized spacial score (nSPS) is 14.1. The maximum absolute atomic E-state index is 14.4. The van der Waals surface area contributed by atoms with E-state index in [1.54, 1.807) is 35.0 Å². The zero-order chi connectivity index (χ0) is 37.1. The zero-order valence-electron chi connectivity index (χ0n) is 29.5. The Kier molecular flexibility index (Phi) is 13.1. The SMILES string of the molecule is CN(CCN(C)C(=O)[C@H](Cc1ccccc1)N(Cc1ccc(N2CCOCC2)cc1)C(=O)C=Cc1ccc(C(F)(F)F)cc1)Cc1cccc(O)c1. The number of halogens is 3. The molecule has 4 aromatic carbocycles. The van der Waals surface area contributed by atoms with Gasteiger partial charge in [-0.2, -0.15) is 13.2 Å². The second kappa shape index (κ2) is 17.9. The van der Waals surface area contributed by atoms with E-state index in [4.69, 9.17) is 4.74 Å². The summed E-state index contributed by atoms with van der Waals surface area (Å²) >= 11 is 0. The van der Waals surface area contributed by atoms with Gasteiger partial charge in [0.05, 0.1) is 18.8 Å². The fourth-order valence-electron chi connectivity index (χ4n) is 6.12. The average molecular weight is 715 g/mol. The number of hydrogen-bond donors (Lipinski definition) is 1. The summed E-state index contributed by atoms with van der Waals surface area (Å²) in [6.07, 6.45) is -1.42. The molecule has 0 spiro atoms. The van der Waals surface area contributed by atoms with Crippen molar-refractivity contribution < 1.29 is 32.6 Å². The maximum Gasteiger partial charge on any atom is 0.416 e. The van der Waals surface area contributed by atoms with Crippen LogP contribution in [-0.2, 0) is 40.0 Å². The number of hydrogen-bond acceptors (Lipinski definition) is 6. The lowest BCUT2D eigenvalue weighted by molar-refractivity contribution is -0.143. The van der Waals surface area contributed by atoms with Gasteiger partial charge in [0.1, 0.15) is 11.8 Å². The standard InChI is InChI=1S/C41H45F3N4O4/c1-45(29-34-9-6-10-37(49)27-34)21-22-46(2)40(51)38(28-32-7-4-3-5-8-32)48(30-33-13-18-36(19-14-33)47-23-25-52-26-24-47)39(50)20-15-31-11-16-35(17-12-31)41(42,43)44/h3-20,27,38,49H,21-26,28-30H2,1-2H3/t38-/m0/s1. The fourth-order valence-corrected chi connectivity index (χ4v) is 6.12. The Morgan fingerprint density at radius 3 is 2.15 bits per heavy atom. The van der Waals surface area contributed by atoms with Crippen LogP contribution >= 0.6 is 0 Å². The molecule has 0 saturated carbocycles. The van der Waals surface area contributed by atoms with Crippen LogP contribution in [0.25, 0.3) is 6.08 Å². The summed E-state index contributed by atoms with van der Waals surface area (Å²) in [5.41, 5.74) is 3.33. The van der Waals surface area contributed by atoms with E-state index in [0.29, 0.717) is 38.4 Å². The lowest BCUT2D eigenvalue weighted by Crippen LogP contribution is -2.51. The first-order valence-corrected chi connectivity index (χ1v) is 17.3. The molecule has 1 fully saturated rings. The monoisotopic (exact) mass is 714 g/mol. The highest BCUT2D eigenvalue weighted by molar-refractivity contribution is 5.95. The molecule has 11 heteroatoms. The quantitative estimate of drug-likeness (QED) is 0.151. The summed E-state index contributed by atoms with van der Waals surface area (Å²) in [4.78, 5) is 36.0. The smallest absolute Gasteiger partial charge is 0.416 e. The van der Waals surface area contributed by atoms with Crippen molar-refractivity contribution in [3.05, 3.63) is 137 Å². The summed E-state index contributed by atoms with van der Waals surface area (Å²) in [7, 11) is 3.66. The molecule has 4 aromatic rings. The number of likely N-dealkylation sites (N-methyl/N-ethyl adjacent to an activating group) is 2. The molecule has 0 radical (unpaired) electrons. The first-order chi connectivity index (χ1) is 25.0. The molecular formula is C41H45F3N4O4. The van der Waals surface area contributed by atoms with Gasteiger partial charge in [-0.1, -0.05) is 66.7 Å². The number of amides is 2. The molecule has 52 heavy (non-hydrogen) atoms. The Balaban J connectivity index is 1.40. The summed E-state index contributed by atoms with van der Waals surface area (Å²) in [5, 5.41) is 9.86. The van der Waals surface area contributed by atoms with Crippen LogP contribution < -0.4 is 4.90 Å². The Morgan fingerprint density at radius 2 is 1.50 bits per heavy atom.